The van der Waals surface area contributed by atoms with Crippen LogP contribution in [0.1, 0.15) is 0 Å². The van der Waals surface area contributed by atoms with Gasteiger partial charge in [-0.15, -0.1) is 0 Å². The van der Waals surface area contributed by atoms with Crippen LogP contribution in [0.4, 0.5) is 5.95 Å². The summed E-state index contributed by atoms with van der Waals surface area (Å²) in [5.41, 5.74) is 3.70. The third-order valence-electron chi connectivity index (χ3n) is 3.24. The number of hydrogen-bond acceptors (Lipinski definition) is 5. The number of anilines is 1. The summed E-state index contributed by atoms with van der Waals surface area (Å²) in [5.74, 6) is 0.595. The van der Waals surface area contributed by atoms with Crippen molar-refractivity contribution in [1.82, 2.24) is 29.5 Å². The van der Waals surface area contributed by atoms with E-state index in [1.54, 1.807) is 11.6 Å². The Bertz CT molecular complexity index is 905. The maximum atomic E-state index is 4.38. The zero-order valence-corrected chi connectivity index (χ0v) is 10.7. The van der Waals surface area contributed by atoms with Gasteiger partial charge in [0, 0.05) is 42.2 Å². The Hall–Kier alpha value is -2.96. The van der Waals surface area contributed by atoms with Gasteiger partial charge in [0.25, 0.3) is 0 Å². The molecule has 0 fully saturated rings. The topological polar surface area (TPSA) is 83.8 Å². The van der Waals surface area contributed by atoms with Crippen molar-refractivity contribution in [3.05, 3.63) is 37.1 Å². The lowest BCUT2D eigenvalue weighted by Crippen LogP contribution is -1.95. The number of hydrogen-bond donors (Lipinski definition) is 2. The highest BCUT2D eigenvalue weighted by molar-refractivity contribution is 5.93. The second kappa shape index (κ2) is 4.02. The smallest absolute Gasteiger partial charge is 0.224 e. The monoisotopic (exact) mass is 265 g/mol. The Morgan fingerprint density at radius 3 is 3.10 bits per heavy atom. The molecule has 0 aromatic carbocycles. The van der Waals surface area contributed by atoms with Crippen molar-refractivity contribution in [3.8, 4) is 11.1 Å². The standard InChI is InChI=1S/C13H11N7/c1-14-13-16-5-10-9(4-15-12(10)19-13)8-2-3-11-17-7-18-20(11)6-8/h2-7H,1H3,(H2,14,15,16,19). The average Bonchev–Trinajstić information content (AvgIpc) is 3.11. The van der Waals surface area contributed by atoms with E-state index < -0.39 is 0 Å². The third kappa shape index (κ3) is 1.53. The molecule has 0 aliphatic heterocycles. The summed E-state index contributed by atoms with van der Waals surface area (Å²) in [6, 6.07) is 3.95. The maximum absolute atomic E-state index is 4.38. The van der Waals surface area contributed by atoms with Gasteiger partial charge >= 0.3 is 0 Å². The van der Waals surface area contributed by atoms with E-state index in [-0.39, 0.29) is 0 Å². The molecule has 0 aliphatic carbocycles. The molecule has 0 aliphatic rings. The molecule has 0 radical (unpaired) electrons. The Labute approximate surface area is 113 Å². The molecule has 20 heavy (non-hydrogen) atoms. The van der Waals surface area contributed by atoms with Crippen LogP contribution in [-0.2, 0) is 0 Å². The highest BCUT2D eigenvalue weighted by Gasteiger charge is 2.09. The highest BCUT2D eigenvalue weighted by atomic mass is 15.3. The van der Waals surface area contributed by atoms with Crippen molar-refractivity contribution in [3.63, 3.8) is 0 Å². The summed E-state index contributed by atoms with van der Waals surface area (Å²) >= 11 is 0. The molecule has 4 aromatic rings. The molecule has 4 rings (SSSR count). The van der Waals surface area contributed by atoms with E-state index in [4.69, 9.17) is 0 Å². The highest BCUT2D eigenvalue weighted by Crippen LogP contribution is 2.27. The van der Waals surface area contributed by atoms with Crippen LogP contribution in [0.5, 0.6) is 0 Å². The first-order chi connectivity index (χ1) is 9.85. The van der Waals surface area contributed by atoms with Gasteiger partial charge in [0.2, 0.25) is 5.95 Å². The lowest BCUT2D eigenvalue weighted by Gasteiger charge is -2.01. The SMILES string of the molecule is CNc1ncc2c(-c3ccc4ncnn4c3)c[nH]c2n1. The van der Waals surface area contributed by atoms with Gasteiger partial charge in [-0.2, -0.15) is 10.1 Å². The van der Waals surface area contributed by atoms with Crippen LogP contribution in [0.25, 0.3) is 27.8 Å². The van der Waals surface area contributed by atoms with Gasteiger partial charge in [-0.3, -0.25) is 0 Å². The molecule has 0 saturated carbocycles. The Kier molecular flexibility index (Phi) is 2.19. The molecule has 7 heteroatoms. The summed E-state index contributed by atoms with van der Waals surface area (Å²) in [6.45, 7) is 0. The van der Waals surface area contributed by atoms with Crippen LogP contribution in [0.15, 0.2) is 37.1 Å². The molecule has 0 amide bonds. The second-order valence-corrected chi connectivity index (χ2v) is 4.39. The minimum atomic E-state index is 0.595. The summed E-state index contributed by atoms with van der Waals surface area (Å²) in [4.78, 5) is 15.9. The first kappa shape index (κ1) is 10.9. The minimum Gasteiger partial charge on any atom is -0.357 e. The van der Waals surface area contributed by atoms with Crippen LogP contribution in [0.2, 0.25) is 0 Å². The van der Waals surface area contributed by atoms with Gasteiger partial charge in [-0.25, -0.2) is 14.5 Å². The summed E-state index contributed by atoms with van der Waals surface area (Å²) in [6.07, 6.45) is 7.22. The molecule has 4 aromatic heterocycles. The number of nitrogens with zero attached hydrogens (tertiary/aromatic N) is 5. The number of aromatic amines is 1. The van der Waals surface area contributed by atoms with E-state index in [9.17, 15) is 0 Å². The summed E-state index contributed by atoms with van der Waals surface area (Å²) in [7, 11) is 1.80. The van der Waals surface area contributed by atoms with Crippen LogP contribution in [0, 0.1) is 0 Å². The summed E-state index contributed by atoms with van der Waals surface area (Å²) < 4.78 is 1.75. The van der Waals surface area contributed by atoms with E-state index >= 15 is 0 Å². The molecule has 0 atom stereocenters. The summed E-state index contributed by atoms with van der Waals surface area (Å²) in [5, 5.41) is 8.05. The third-order valence-corrected chi connectivity index (χ3v) is 3.24. The fourth-order valence-electron chi connectivity index (χ4n) is 2.24. The van der Waals surface area contributed by atoms with Gasteiger partial charge in [0.15, 0.2) is 5.65 Å². The lowest BCUT2D eigenvalue weighted by atomic mass is 10.1. The maximum Gasteiger partial charge on any atom is 0.224 e. The predicted octanol–water partition coefficient (Wildman–Crippen LogP) is 1.71. The number of rotatable bonds is 2. The second-order valence-electron chi connectivity index (χ2n) is 4.39. The largest absolute Gasteiger partial charge is 0.357 e. The van der Waals surface area contributed by atoms with Crippen molar-refractivity contribution in [2.45, 2.75) is 0 Å². The van der Waals surface area contributed by atoms with Crippen molar-refractivity contribution < 1.29 is 0 Å². The van der Waals surface area contributed by atoms with Crippen LogP contribution < -0.4 is 5.32 Å². The molecule has 98 valence electrons. The number of pyridine rings is 1. The zero-order valence-electron chi connectivity index (χ0n) is 10.7. The van der Waals surface area contributed by atoms with Crippen molar-refractivity contribution in [1.29, 1.82) is 0 Å². The number of H-pyrrole nitrogens is 1. The quantitative estimate of drug-likeness (QED) is 0.576. The number of nitrogens with one attached hydrogen (secondary N) is 2. The van der Waals surface area contributed by atoms with E-state index in [1.165, 1.54) is 6.33 Å². The minimum absolute atomic E-state index is 0.595. The van der Waals surface area contributed by atoms with Gasteiger partial charge < -0.3 is 10.3 Å². The van der Waals surface area contributed by atoms with Gasteiger partial charge in [-0.1, -0.05) is 0 Å². The number of aromatic nitrogens is 6. The fraction of sp³-hybridized carbons (Fsp3) is 0.0769. The molecule has 4 heterocycles. The first-order valence-corrected chi connectivity index (χ1v) is 6.17. The van der Waals surface area contributed by atoms with E-state index in [0.717, 1.165) is 27.8 Å². The molecule has 0 bridgehead atoms. The lowest BCUT2D eigenvalue weighted by molar-refractivity contribution is 0.963. The molecule has 7 nitrogen and oxygen atoms in total. The van der Waals surface area contributed by atoms with Crippen LogP contribution in [-0.4, -0.2) is 36.6 Å². The normalized spacial score (nSPS) is 11.2. The van der Waals surface area contributed by atoms with E-state index in [0.29, 0.717) is 5.95 Å². The van der Waals surface area contributed by atoms with Crippen LogP contribution >= 0.6 is 0 Å². The van der Waals surface area contributed by atoms with Gasteiger partial charge in [-0.05, 0) is 12.1 Å². The number of fused-ring (bicyclic) bond motifs is 2. The molecule has 2 N–H and O–H groups in total. The fourth-order valence-corrected chi connectivity index (χ4v) is 2.24. The predicted molar refractivity (Wildman–Crippen MR) is 75.4 cm³/mol. The Morgan fingerprint density at radius 2 is 2.20 bits per heavy atom. The molecular formula is C13H11N7. The average molecular weight is 265 g/mol. The Morgan fingerprint density at radius 1 is 1.25 bits per heavy atom. The van der Waals surface area contributed by atoms with Crippen molar-refractivity contribution in [2.75, 3.05) is 12.4 Å². The zero-order chi connectivity index (χ0) is 13.5. The van der Waals surface area contributed by atoms with E-state index in [1.807, 2.05) is 30.7 Å². The molecular weight excluding hydrogens is 254 g/mol. The Balaban J connectivity index is 1.92. The van der Waals surface area contributed by atoms with Gasteiger partial charge in [0.1, 0.15) is 12.0 Å². The molecule has 0 saturated heterocycles. The van der Waals surface area contributed by atoms with Crippen molar-refractivity contribution >= 4 is 22.6 Å². The molecule has 0 unspecified atom stereocenters. The van der Waals surface area contributed by atoms with Crippen LogP contribution in [0.3, 0.4) is 0 Å². The van der Waals surface area contributed by atoms with Gasteiger partial charge in [0.05, 0.1) is 0 Å². The first-order valence-electron chi connectivity index (χ1n) is 6.17. The molecule has 0 spiro atoms. The van der Waals surface area contributed by atoms with E-state index in [2.05, 4.69) is 30.4 Å². The van der Waals surface area contributed by atoms with Crippen molar-refractivity contribution in [2.24, 2.45) is 0 Å².